The van der Waals surface area contributed by atoms with Crippen molar-refractivity contribution in [3.8, 4) is 0 Å². The Kier molecular flexibility index (Phi) is 4.55. The van der Waals surface area contributed by atoms with Crippen LogP contribution in [0.5, 0.6) is 0 Å². The van der Waals surface area contributed by atoms with Gasteiger partial charge in [-0.1, -0.05) is 0 Å². The van der Waals surface area contributed by atoms with Gasteiger partial charge in [0.05, 0.1) is 12.8 Å². The van der Waals surface area contributed by atoms with E-state index in [4.69, 9.17) is 0 Å². The maximum Gasteiger partial charge on any atom is 0.233 e. The van der Waals surface area contributed by atoms with Crippen molar-refractivity contribution in [2.75, 3.05) is 0 Å². The molecule has 11 heavy (non-hydrogen) atoms. The smallest absolute Gasteiger partial charge is 0.233 e. The molecular formula is C6H7NO4. The zero-order valence-electron chi connectivity index (χ0n) is 5.70. The van der Waals surface area contributed by atoms with E-state index < -0.39 is 11.8 Å². The van der Waals surface area contributed by atoms with E-state index in [0.717, 1.165) is 0 Å². The summed E-state index contributed by atoms with van der Waals surface area (Å²) in [6.45, 7) is 0. The SMILES string of the molecule is O=CCC(=O)NC(=O)CC=O. The molecule has 60 valence electrons. The predicted molar refractivity (Wildman–Crippen MR) is 34.5 cm³/mol. The Balaban J connectivity index is 3.65. The third-order valence-corrected chi connectivity index (χ3v) is 0.816. The molecule has 0 aromatic rings. The molecule has 0 aliphatic rings. The maximum atomic E-state index is 10.4. The quantitative estimate of drug-likeness (QED) is 0.411. The van der Waals surface area contributed by atoms with E-state index in [2.05, 4.69) is 0 Å². The summed E-state index contributed by atoms with van der Waals surface area (Å²) in [4.78, 5) is 40.3. The van der Waals surface area contributed by atoms with Gasteiger partial charge in [-0.3, -0.25) is 14.9 Å². The van der Waals surface area contributed by atoms with Crippen LogP contribution in [0.25, 0.3) is 0 Å². The zero-order chi connectivity index (χ0) is 8.69. The number of carbonyl (C=O) groups excluding carboxylic acids is 4. The van der Waals surface area contributed by atoms with Gasteiger partial charge in [0, 0.05) is 0 Å². The molecule has 5 nitrogen and oxygen atoms in total. The van der Waals surface area contributed by atoms with Gasteiger partial charge < -0.3 is 9.59 Å². The van der Waals surface area contributed by atoms with Crippen LogP contribution in [0, 0.1) is 0 Å². The molecule has 0 aliphatic heterocycles. The summed E-state index contributed by atoms with van der Waals surface area (Å²) in [6, 6.07) is 0. The average Bonchev–Trinajstić information content (AvgIpc) is 1.87. The van der Waals surface area contributed by atoms with Gasteiger partial charge in [0.25, 0.3) is 0 Å². The van der Waals surface area contributed by atoms with Gasteiger partial charge in [-0.05, 0) is 0 Å². The molecule has 1 N–H and O–H groups in total. The molecule has 0 saturated heterocycles. The number of hydrogen-bond donors (Lipinski definition) is 1. The molecule has 0 aromatic carbocycles. The first kappa shape index (κ1) is 9.48. The van der Waals surface area contributed by atoms with Crippen molar-refractivity contribution in [3.63, 3.8) is 0 Å². The van der Waals surface area contributed by atoms with Crippen molar-refractivity contribution in [1.29, 1.82) is 0 Å². The summed E-state index contributed by atoms with van der Waals surface area (Å²) in [6.07, 6.45) is 0.0439. The third-order valence-electron chi connectivity index (χ3n) is 0.816. The summed E-state index contributed by atoms with van der Waals surface area (Å²) in [5.74, 6) is -1.38. The molecule has 0 aromatic heterocycles. The Morgan fingerprint density at radius 2 is 1.36 bits per heavy atom. The minimum atomic E-state index is -0.688. The number of aldehydes is 2. The van der Waals surface area contributed by atoms with Crippen molar-refractivity contribution in [2.45, 2.75) is 12.8 Å². The van der Waals surface area contributed by atoms with Crippen LogP contribution in [0.1, 0.15) is 12.8 Å². The molecule has 0 radical (unpaired) electrons. The third kappa shape index (κ3) is 4.95. The van der Waals surface area contributed by atoms with E-state index in [-0.39, 0.29) is 12.8 Å². The molecule has 0 aliphatic carbocycles. The highest BCUT2D eigenvalue weighted by molar-refractivity contribution is 6.02. The second-order valence-electron chi connectivity index (χ2n) is 1.71. The predicted octanol–water partition coefficient (Wildman–Crippen LogP) is -1.19. The fraction of sp³-hybridized carbons (Fsp3) is 0.333. The van der Waals surface area contributed by atoms with Gasteiger partial charge in [0.15, 0.2) is 0 Å². The summed E-state index contributed by atoms with van der Waals surface area (Å²) in [5.41, 5.74) is 0. The Bertz CT molecular complexity index is 167. The minimum Gasteiger partial charge on any atom is -0.303 e. The number of hydrogen-bond acceptors (Lipinski definition) is 4. The summed E-state index contributed by atoms with van der Waals surface area (Å²) in [7, 11) is 0. The van der Waals surface area contributed by atoms with Crippen molar-refractivity contribution in [3.05, 3.63) is 0 Å². The highest BCUT2D eigenvalue weighted by Crippen LogP contribution is 1.76. The summed E-state index contributed by atoms with van der Waals surface area (Å²) in [5, 5.41) is 1.84. The standard InChI is InChI=1S/C6H7NO4/c8-3-1-5(10)7-6(11)2-4-9/h3-4H,1-2H2,(H,7,10,11). The van der Waals surface area contributed by atoms with Gasteiger partial charge in [0.1, 0.15) is 12.6 Å². The van der Waals surface area contributed by atoms with E-state index in [1.807, 2.05) is 5.32 Å². The first-order valence-corrected chi connectivity index (χ1v) is 2.90. The van der Waals surface area contributed by atoms with E-state index in [0.29, 0.717) is 12.6 Å². The van der Waals surface area contributed by atoms with Crippen LogP contribution in [0.3, 0.4) is 0 Å². The molecule has 0 saturated carbocycles. The topological polar surface area (TPSA) is 80.3 Å². The van der Waals surface area contributed by atoms with Gasteiger partial charge >= 0.3 is 0 Å². The van der Waals surface area contributed by atoms with E-state index >= 15 is 0 Å². The van der Waals surface area contributed by atoms with E-state index in [9.17, 15) is 19.2 Å². The van der Waals surface area contributed by atoms with Gasteiger partial charge in [-0.2, -0.15) is 0 Å². The fourth-order valence-electron chi connectivity index (χ4n) is 0.409. The molecular weight excluding hydrogens is 150 g/mol. The van der Waals surface area contributed by atoms with Crippen molar-refractivity contribution in [2.24, 2.45) is 0 Å². The molecule has 0 unspecified atom stereocenters. The number of carbonyl (C=O) groups is 4. The van der Waals surface area contributed by atoms with E-state index in [1.165, 1.54) is 0 Å². The van der Waals surface area contributed by atoms with Gasteiger partial charge in [-0.15, -0.1) is 0 Å². The maximum absolute atomic E-state index is 10.4. The highest BCUT2D eigenvalue weighted by atomic mass is 16.2. The number of imide groups is 1. The van der Waals surface area contributed by atoms with Crippen LogP contribution in [0.15, 0.2) is 0 Å². The summed E-state index contributed by atoms with van der Waals surface area (Å²) >= 11 is 0. The second-order valence-corrected chi connectivity index (χ2v) is 1.71. The lowest BCUT2D eigenvalue weighted by Crippen LogP contribution is -2.30. The molecule has 5 heteroatoms. The number of amides is 2. The lowest BCUT2D eigenvalue weighted by Gasteiger charge is -1.95. The lowest BCUT2D eigenvalue weighted by molar-refractivity contribution is -0.131. The first-order chi connectivity index (χ1) is 5.20. The largest absolute Gasteiger partial charge is 0.303 e. The normalized spacial score (nSPS) is 8.36. The van der Waals surface area contributed by atoms with Crippen molar-refractivity contribution < 1.29 is 19.2 Å². The van der Waals surface area contributed by atoms with Crippen molar-refractivity contribution in [1.82, 2.24) is 5.32 Å². The highest BCUT2D eigenvalue weighted by Gasteiger charge is 2.04. The average molecular weight is 157 g/mol. The summed E-state index contributed by atoms with van der Waals surface area (Å²) < 4.78 is 0. The van der Waals surface area contributed by atoms with Crippen LogP contribution in [-0.4, -0.2) is 24.4 Å². The van der Waals surface area contributed by atoms with Crippen LogP contribution in [0.4, 0.5) is 0 Å². The minimum absolute atomic E-state index is 0.357. The fourth-order valence-corrected chi connectivity index (χ4v) is 0.409. The van der Waals surface area contributed by atoms with E-state index in [1.54, 1.807) is 0 Å². The first-order valence-electron chi connectivity index (χ1n) is 2.90. The number of rotatable bonds is 4. The monoisotopic (exact) mass is 157 g/mol. The Morgan fingerprint density at radius 1 is 1.00 bits per heavy atom. The van der Waals surface area contributed by atoms with Gasteiger partial charge in [-0.25, -0.2) is 0 Å². The Hall–Kier alpha value is -1.52. The Morgan fingerprint density at radius 3 is 1.64 bits per heavy atom. The molecule has 0 atom stereocenters. The van der Waals surface area contributed by atoms with Gasteiger partial charge in [0.2, 0.25) is 11.8 Å². The Labute approximate surface area is 62.8 Å². The van der Waals surface area contributed by atoms with Crippen LogP contribution >= 0.6 is 0 Å². The molecule has 0 fully saturated rings. The number of nitrogens with one attached hydrogen (secondary N) is 1. The molecule has 0 spiro atoms. The second kappa shape index (κ2) is 5.28. The van der Waals surface area contributed by atoms with Crippen molar-refractivity contribution >= 4 is 24.4 Å². The molecule has 0 rings (SSSR count). The zero-order valence-corrected chi connectivity index (χ0v) is 5.70. The molecule has 0 bridgehead atoms. The van der Waals surface area contributed by atoms with Crippen LogP contribution in [0.2, 0.25) is 0 Å². The lowest BCUT2D eigenvalue weighted by atomic mass is 10.4. The van der Waals surface area contributed by atoms with Crippen LogP contribution in [-0.2, 0) is 19.2 Å². The van der Waals surface area contributed by atoms with Crippen LogP contribution < -0.4 is 5.32 Å². The molecule has 0 heterocycles. The molecule has 2 amide bonds.